The third-order valence-electron chi connectivity index (χ3n) is 3.53. The summed E-state index contributed by atoms with van der Waals surface area (Å²) in [6.07, 6.45) is 1.39. The van der Waals surface area contributed by atoms with Gasteiger partial charge in [0.25, 0.3) is 5.91 Å². The number of carboxylic acid groups (broad SMARTS) is 1. The summed E-state index contributed by atoms with van der Waals surface area (Å²) in [5.74, 6) is -0.0385. The van der Waals surface area contributed by atoms with E-state index < -0.39 is 6.09 Å². The number of carbonyl (C=O) groups is 2. The predicted octanol–water partition coefficient (Wildman–Crippen LogP) is 2.83. The molecule has 0 saturated heterocycles. The second-order valence-corrected chi connectivity index (χ2v) is 6.46. The van der Waals surface area contributed by atoms with E-state index in [9.17, 15) is 9.59 Å². The van der Waals surface area contributed by atoms with Crippen molar-refractivity contribution in [1.29, 1.82) is 0 Å². The largest absolute Gasteiger partial charge is 0.465 e. The number of nitrogens with zero attached hydrogens (tertiary/aromatic N) is 1. The normalized spacial score (nSPS) is 19.5. The molecule has 1 aliphatic rings. The Morgan fingerprint density at radius 1 is 1.41 bits per heavy atom. The first-order chi connectivity index (χ1) is 10.5. The van der Waals surface area contributed by atoms with Gasteiger partial charge in [0.2, 0.25) is 0 Å². The van der Waals surface area contributed by atoms with Crippen molar-refractivity contribution in [3.05, 3.63) is 46.6 Å². The van der Waals surface area contributed by atoms with Crippen LogP contribution in [0.3, 0.4) is 0 Å². The smallest absolute Gasteiger partial charge is 0.404 e. The molecule has 0 spiro atoms. The van der Waals surface area contributed by atoms with Crippen molar-refractivity contribution < 1.29 is 14.7 Å². The van der Waals surface area contributed by atoms with Crippen LogP contribution in [-0.2, 0) is 0 Å². The maximum Gasteiger partial charge on any atom is 0.404 e. The van der Waals surface area contributed by atoms with Crippen LogP contribution in [0.15, 0.2) is 30.5 Å². The van der Waals surface area contributed by atoms with E-state index in [-0.39, 0.29) is 17.9 Å². The first-order valence-corrected chi connectivity index (χ1v) is 7.68. The van der Waals surface area contributed by atoms with Gasteiger partial charge in [0.1, 0.15) is 5.00 Å². The predicted molar refractivity (Wildman–Crippen MR) is 83.6 cm³/mol. The molecule has 6 nitrogen and oxygen atoms in total. The highest BCUT2D eigenvalue weighted by atomic mass is 32.1. The number of rotatable bonds is 4. The Labute approximate surface area is 131 Å². The first kappa shape index (κ1) is 14.5. The summed E-state index contributed by atoms with van der Waals surface area (Å²) in [6, 6.07) is 7.24. The fourth-order valence-electron chi connectivity index (χ4n) is 2.40. The van der Waals surface area contributed by atoms with Gasteiger partial charge in [-0.05, 0) is 31.0 Å². The van der Waals surface area contributed by atoms with Crippen molar-refractivity contribution in [3.63, 3.8) is 0 Å². The van der Waals surface area contributed by atoms with Gasteiger partial charge in [0, 0.05) is 17.5 Å². The van der Waals surface area contributed by atoms with E-state index in [4.69, 9.17) is 5.11 Å². The van der Waals surface area contributed by atoms with E-state index in [1.807, 2.05) is 25.1 Å². The second-order valence-electron chi connectivity index (χ2n) is 5.22. The van der Waals surface area contributed by atoms with Crippen LogP contribution < -0.4 is 10.6 Å². The maximum atomic E-state index is 12.2. The van der Waals surface area contributed by atoms with Gasteiger partial charge in [-0.15, -0.1) is 11.3 Å². The van der Waals surface area contributed by atoms with Crippen LogP contribution in [0.1, 0.15) is 33.3 Å². The molecule has 2 atom stereocenters. The monoisotopic (exact) mass is 317 g/mol. The minimum Gasteiger partial charge on any atom is -0.465 e. The molecule has 1 fully saturated rings. The number of anilines is 1. The van der Waals surface area contributed by atoms with Crippen LogP contribution in [-0.4, -0.2) is 28.1 Å². The number of amides is 2. The fraction of sp³-hybridized carbons (Fsp3) is 0.267. The Morgan fingerprint density at radius 2 is 2.23 bits per heavy atom. The van der Waals surface area contributed by atoms with Gasteiger partial charge in [-0.1, -0.05) is 12.1 Å². The van der Waals surface area contributed by atoms with Gasteiger partial charge < -0.3 is 15.7 Å². The highest BCUT2D eigenvalue weighted by molar-refractivity contribution is 7.15. The van der Waals surface area contributed by atoms with E-state index in [1.165, 1.54) is 11.3 Å². The van der Waals surface area contributed by atoms with Gasteiger partial charge in [0.05, 0.1) is 11.2 Å². The molecule has 0 bridgehead atoms. The topological polar surface area (TPSA) is 91.3 Å². The number of hydrogen-bond donors (Lipinski definition) is 3. The summed E-state index contributed by atoms with van der Waals surface area (Å²) < 4.78 is 0. The Hall–Kier alpha value is -2.41. The van der Waals surface area contributed by atoms with Gasteiger partial charge in [0.15, 0.2) is 0 Å². The molecule has 2 unspecified atom stereocenters. The van der Waals surface area contributed by atoms with Crippen LogP contribution in [0.5, 0.6) is 0 Å². The molecule has 1 saturated carbocycles. The van der Waals surface area contributed by atoms with Gasteiger partial charge in [-0.3, -0.25) is 4.79 Å². The van der Waals surface area contributed by atoms with Crippen LogP contribution in [0.2, 0.25) is 0 Å². The van der Waals surface area contributed by atoms with Crippen molar-refractivity contribution in [2.75, 3.05) is 5.32 Å². The van der Waals surface area contributed by atoms with Crippen molar-refractivity contribution >= 4 is 28.3 Å². The minimum absolute atomic E-state index is 0.0556. The van der Waals surface area contributed by atoms with E-state index in [0.29, 0.717) is 10.6 Å². The average Bonchev–Trinajstić information content (AvgIpc) is 3.11. The molecule has 0 radical (unpaired) electrons. The molecule has 114 valence electrons. The lowest BCUT2D eigenvalue weighted by Crippen LogP contribution is -2.24. The third kappa shape index (κ3) is 3.25. The van der Waals surface area contributed by atoms with Gasteiger partial charge in [-0.2, -0.15) is 0 Å². The van der Waals surface area contributed by atoms with Crippen molar-refractivity contribution in [2.24, 2.45) is 0 Å². The number of benzene rings is 1. The summed E-state index contributed by atoms with van der Waals surface area (Å²) in [5.41, 5.74) is 1.54. The fourth-order valence-corrected chi connectivity index (χ4v) is 3.07. The minimum atomic E-state index is -1.01. The second kappa shape index (κ2) is 5.76. The molecule has 2 aromatic rings. The zero-order chi connectivity index (χ0) is 15.7. The first-order valence-electron chi connectivity index (χ1n) is 6.86. The highest BCUT2D eigenvalue weighted by Gasteiger charge is 2.39. The summed E-state index contributed by atoms with van der Waals surface area (Å²) >= 11 is 1.42. The van der Waals surface area contributed by atoms with Crippen LogP contribution in [0.25, 0.3) is 0 Å². The van der Waals surface area contributed by atoms with Crippen LogP contribution >= 0.6 is 11.3 Å². The van der Waals surface area contributed by atoms with Crippen molar-refractivity contribution in [1.82, 2.24) is 10.3 Å². The Kier molecular flexibility index (Phi) is 3.81. The van der Waals surface area contributed by atoms with Crippen LogP contribution in [0, 0.1) is 6.92 Å². The number of thiazole rings is 1. The SMILES string of the molecule is Cc1ncc(NC(=O)c2cccc(C3CC3NC(=O)O)c2)s1. The number of hydrogen-bond acceptors (Lipinski definition) is 4. The quantitative estimate of drug-likeness (QED) is 0.808. The molecule has 1 aromatic heterocycles. The van der Waals surface area contributed by atoms with Crippen LogP contribution in [0.4, 0.5) is 9.80 Å². The maximum absolute atomic E-state index is 12.2. The molecule has 1 aliphatic carbocycles. The summed E-state index contributed by atoms with van der Waals surface area (Å²) in [5, 5.41) is 15.6. The lowest BCUT2D eigenvalue weighted by molar-refractivity contribution is 0.102. The lowest BCUT2D eigenvalue weighted by atomic mass is 10.1. The molecule has 7 heteroatoms. The number of aromatic nitrogens is 1. The van der Waals surface area contributed by atoms with E-state index >= 15 is 0 Å². The summed E-state index contributed by atoms with van der Waals surface area (Å²) in [4.78, 5) is 27.0. The molecule has 2 amide bonds. The standard InChI is InChI=1S/C15H15N3O3S/c1-8-16-7-13(22-8)18-14(19)10-4-2-3-9(5-10)11-6-12(11)17-15(20)21/h2-5,7,11-12,17H,6H2,1H3,(H,18,19)(H,20,21). The molecule has 1 heterocycles. The van der Waals surface area contributed by atoms with Crippen molar-refractivity contribution in [2.45, 2.75) is 25.3 Å². The summed E-state index contributed by atoms with van der Waals surface area (Å²) in [6.45, 7) is 1.88. The molecule has 22 heavy (non-hydrogen) atoms. The number of carbonyl (C=O) groups excluding carboxylic acids is 1. The van der Waals surface area contributed by atoms with Gasteiger partial charge >= 0.3 is 6.09 Å². The Bertz CT molecular complexity index is 728. The lowest BCUT2D eigenvalue weighted by Gasteiger charge is -2.05. The highest BCUT2D eigenvalue weighted by Crippen LogP contribution is 2.41. The van der Waals surface area contributed by atoms with Gasteiger partial charge in [-0.25, -0.2) is 9.78 Å². The Morgan fingerprint density at radius 3 is 2.91 bits per heavy atom. The van der Waals surface area contributed by atoms with E-state index in [0.717, 1.165) is 17.0 Å². The Balaban J connectivity index is 1.69. The molecule has 3 N–H and O–H groups in total. The van der Waals surface area contributed by atoms with Crippen molar-refractivity contribution in [3.8, 4) is 0 Å². The molecule has 1 aromatic carbocycles. The average molecular weight is 317 g/mol. The molecule has 0 aliphatic heterocycles. The number of nitrogens with one attached hydrogen (secondary N) is 2. The van der Waals surface area contributed by atoms with E-state index in [1.54, 1.807) is 12.3 Å². The third-order valence-corrected chi connectivity index (χ3v) is 4.36. The zero-order valence-corrected chi connectivity index (χ0v) is 12.7. The molecular weight excluding hydrogens is 302 g/mol. The molecule has 3 rings (SSSR count). The zero-order valence-electron chi connectivity index (χ0n) is 11.9. The molecular formula is C15H15N3O3S. The number of aryl methyl sites for hydroxylation is 1. The van der Waals surface area contributed by atoms with E-state index in [2.05, 4.69) is 15.6 Å². The summed E-state index contributed by atoms with van der Waals surface area (Å²) in [7, 11) is 0.